The molecule has 13 heavy (non-hydrogen) atoms. The highest BCUT2D eigenvalue weighted by molar-refractivity contribution is 5.04. The predicted octanol–water partition coefficient (Wildman–Crippen LogP) is 1.39. The van der Waals surface area contributed by atoms with Crippen molar-refractivity contribution in [2.45, 2.75) is 25.7 Å². The average Bonchev–Trinajstić information content (AvgIpc) is 2.53. The fourth-order valence-electron chi connectivity index (χ4n) is 1.45. The molecule has 0 bridgehead atoms. The van der Waals surface area contributed by atoms with Crippen LogP contribution in [-0.2, 0) is 15.9 Å². The van der Waals surface area contributed by atoms with Crippen LogP contribution in [0.1, 0.15) is 12.6 Å². The normalized spacial score (nSPS) is 27.8. The molecule has 1 aromatic rings. The summed E-state index contributed by atoms with van der Waals surface area (Å²) in [4.78, 5) is 4.23. The minimum Gasteiger partial charge on any atom is -0.350 e. The van der Waals surface area contributed by atoms with E-state index in [0.29, 0.717) is 6.61 Å². The van der Waals surface area contributed by atoms with Gasteiger partial charge in [-0.2, -0.15) is 0 Å². The summed E-state index contributed by atoms with van der Waals surface area (Å²) < 4.78 is 10.8. The second-order valence-electron chi connectivity index (χ2n) is 3.18. The molecule has 1 aliphatic heterocycles. The summed E-state index contributed by atoms with van der Waals surface area (Å²) in [5.41, 5.74) is 1.06. The molecule has 1 fully saturated rings. The van der Waals surface area contributed by atoms with Crippen molar-refractivity contribution in [2.24, 2.45) is 0 Å². The van der Waals surface area contributed by atoms with Gasteiger partial charge < -0.3 is 9.47 Å². The van der Waals surface area contributed by atoms with Gasteiger partial charge in [-0.1, -0.05) is 6.07 Å². The minimum atomic E-state index is -0.0614. The van der Waals surface area contributed by atoms with E-state index in [1.807, 2.05) is 25.1 Å². The number of pyridine rings is 1. The lowest BCUT2D eigenvalue weighted by Gasteiger charge is -2.06. The zero-order valence-electron chi connectivity index (χ0n) is 7.64. The van der Waals surface area contributed by atoms with E-state index >= 15 is 0 Å². The molecule has 0 saturated carbocycles. The third-order valence-electron chi connectivity index (χ3n) is 2.06. The first-order chi connectivity index (χ1) is 6.34. The van der Waals surface area contributed by atoms with E-state index in [-0.39, 0.29) is 12.4 Å². The molecule has 2 unspecified atom stereocenters. The van der Waals surface area contributed by atoms with Gasteiger partial charge in [0.05, 0.1) is 12.7 Å². The summed E-state index contributed by atoms with van der Waals surface area (Å²) in [6.07, 6.45) is 2.75. The van der Waals surface area contributed by atoms with E-state index in [9.17, 15) is 0 Å². The van der Waals surface area contributed by atoms with Crippen LogP contribution in [0.3, 0.4) is 0 Å². The molecule has 3 heteroatoms. The van der Waals surface area contributed by atoms with Gasteiger partial charge in [0, 0.05) is 18.3 Å². The Morgan fingerprint density at radius 3 is 3.08 bits per heavy atom. The third-order valence-corrected chi connectivity index (χ3v) is 2.06. The smallest absolute Gasteiger partial charge is 0.155 e. The van der Waals surface area contributed by atoms with Crippen LogP contribution in [0.25, 0.3) is 0 Å². The van der Waals surface area contributed by atoms with Gasteiger partial charge in [-0.05, 0) is 19.1 Å². The standard InChI is InChI=1S/C10H13NO2/c1-8-12-7-10(13-8)6-9-4-2-3-5-11-9/h2-5,8,10H,6-7H2,1H3. The average molecular weight is 179 g/mol. The van der Waals surface area contributed by atoms with Gasteiger partial charge in [-0.25, -0.2) is 0 Å². The highest BCUT2D eigenvalue weighted by atomic mass is 16.7. The summed E-state index contributed by atoms with van der Waals surface area (Å²) in [5.74, 6) is 0. The first-order valence-corrected chi connectivity index (χ1v) is 4.51. The van der Waals surface area contributed by atoms with Crippen LogP contribution >= 0.6 is 0 Å². The number of hydrogen-bond donors (Lipinski definition) is 0. The Kier molecular flexibility index (Phi) is 2.57. The quantitative estimate of drug-likeness (QED) is 0.687. The van der Waals surface area contributed by atoms with E-state index in [4.69, 9.17) is 9.47 Å². The molecule has 1 saturated heterocycles. The van der Waals surface area contributed by atoms with Crippen LogP contribution in [0.2, 0.25) is 0 Å². The van der Waals surface area contributed by atoms with Crippen LogP contribution in [0.4, 0.5) is 0 Å². The van der Waals surface area contributed by atoms with Gasteiger partial charge in [0.2, 0.25) is 0 Å². The Morgan fingerprint density at radius 1 is 1.54 bits per heavy atom. The van der Waals surface area contributed by atoms with Gasteiger partial charge in [0.15, 0.2) is 6.29 Å². The number of rotatable bonds is 2. The molecule has 0 amide bonds. The molecule has 0 N–H and O–H groups in total. The Hall–Kier alpha value is -0.930. The van der Waals surface area contributed by atoms with E-state index in [0.717, 1.165) is 12.1 Å². The number of hydrogen-bond acceptors (Lipinski definition) is 3. The molecule has 0 spiro atoms. The lowest BCUT2D eigenvalue weighted by molar-refractivity contribution is -0.0418. The van der Waals surface area contributed by atoms with Crippen molar-refractivity contribution < 1.29 is 9.47 Å². The molecule has 3 nitrogen and oxygen atoms in total. The second-order valence-corrected chi connectivity index (χ2v) is 3.18. The fraction of sp³-hybridized carbons (Fsp3) is 0.500. The molecule has 1 aliphatic rings. The highest BCUT2D eigenvalue weighted by Gasteiger charge is 2.22. The van der Waals surface area contributed by atoms with Gasteiger partial charge in [0.25, 0.3) is 0 Å². The number of nitrogens with zero attached hydrogens (tertiary/aromatic N) is 1. The van der Waals surface area contributed by atoms with Crippen molar-refractivity contribution in [3.63, 3.8) is 0 Å². The molecule has 0 radical (unpaired) electrons. The maximum Gasteiger partial charge on any atom is 0.155 e. The summed E-state index contributed by atoms with van der Waals surface area (Å²) in [6, 6.07) is 5.91. The van der Waals surface area contributed by atoms with E-state index in [1.165, 1.54) is 0 Å². The van der Waals surface area contributed by atoms with Crippen molar-refractivity contribution >= 4 is 0 Å². The lowest BCUT2D eigenvalue weighted by atomic mass is 10.2. The van der Waals surface area contributed by atoms with Gasteiger partial charge in [-0.3, -0.25) is 4.98 Å². The molecular weight excluding hydrogens is 166 g/mol. The summed E-state index contributed by atoms with van der Waals surface area (Å²) in [7, 11) is 0. The zero-order chi connectivity index (χ0) is 9.10. The van der Waals surface area contributed by atoms with Crippen LogP contribution < -0.4 is 0 Å². The molecule has 1 aromatic heterocycles. The number of aromatic nitrogens is 1. The molecular formula is C10H13NO2. The van der Waals surface area contributed by atoms with E-state index < -0.39 is 0 Å². The first kappa shape index (κ1) is 8.66. The summed E-state index contributed by atoms with van der Waals surface area (Å²) >= 11 is 0. The zero-order valence-corrected chi connectivity index (χ0v) is 7.64. The Morgan fingerprint density at radius 2 is 2.46 bits per heavy atom. The largest absolute Gasteiger partial charge is 0.350 e. The Balaban J connectivity index is 1.92. The molecule has 70 valence electrons. The van der Waals surface area contributed by atoms with Crippen molar-refractivity contribution in [3.8, 4) is 0 Å². The van der Waals surface area contributed by atoms with Crippen LogP contribution in [0.5, 0.6) is 0 Å². The highest BCUT2D eigenvalue weighted by Crippen LogP contribution is 2.14. The summed E-state index contributed by atoms with van der Waals surface area (Å²) in [5, 5.41) is 0. The van der Waals surface area contributed by atoms with Gasteiger partial charge >= 0.3 is 0 Å². The van der Waals surface area contributed by atoms with Crippen LogP contribution in [0, 0.1) is 0 Å². The SMILES string of the molecule is CC1OCC(Cc2ccccn2)O1. The molecule has 2 atom stereocenters. The molecule has 2 rings (SSSR count). The molecule has 2 heterocycles. The fourth-order valence-corrected chi connectivity index (χ4v) is 1.45. The number of ether oxygens (including phenoxy) is 2. The van der Waals surface area contributed by atoms with Crippen molar-refractivity contribution in [3.05, 3.63) is 30.1 Å². The van der Waals surface area contributed by atoms with Gasteiger partial charge in [-0.15, -0.1) is 0 Å². The van der Waals surface area contributed by atoms with Crippen LogP contribution in [0.15, 0.2) is 24.4 Å². The maximum atomic E-state index is 5.50. The Bertz CT molecular complexity index is 263. The second kappa shape index (κ2) is 3.85. The van der Waals surface area contributed by atoms with E-state index in [1.54, 1.807) is 6.20 Å². The first-order valence-electron chi connectivity index (χ1n) is 4.51. The monoisotopic (exact) mass is 179 g/mol. The molecule has 0 aliphatic carbocycles. The van der Waals surface area contributed by atoms with Crippen molar-refractivity contribution in [1.82, 2.24) is 4.98 Å². The van der Waals surface area contributed by atoms with Crippen LogP contribution in [-0.4, -0.2) is 24.0 Å². The van der Waals surface area contributed by atoms with Gasteiger partial charge in [0.1, 0.15) is 0 Å². The topological polar surface area (TPSA) is 31.4 Å². The van der Waals surface area contributed by atoms with Crippen molar-refractivity contribution in [2.75, 3.05) is 6.61 Å². The lowest BCUT2D eigenvalue weighted by Crippen LogP contribution is -2.14. The predicted molar refractivity (Wildman–Crippen MR) is 48.2 cm³/mol. The minimum absolute atomic E-state index is 0.0614. The third kappa shape index (κ3) is 2.26. The van der Waals surface area contributed by atoms with E-state index in [2.05, 4.69) is 4.98 Å². The summed E-state index contributed by atoms with van der Waals surface area (Å²) in [6.45, 7) is 2.59. The molecule has 0 aromatic carbocycles. The van der Waals surface area contributed by atoms with Crippen molar-refractivity contribution in [1.29, 1.82) is 0 Å². The maximum absolute atomic E-state index is 5.50. The Labute approximate surface area is 77.7 Å².